The second-order valence-corrected chi connectivity index (χ2v) is 10.5. The van der Waals surface area contributed by atoms with Crippen LogP contribution in [0.2, 0.25) is 0 Å². The number of rotatable bonds is 11. The first-order valence-electron chi connectivity index (χ1n) is 13.3. The van der Waals surface area contributed by atoms with Crippen LogP contribution in [0.25, 0.3) is 10.9 Å². The second kappa shape index (κ2) is 12.8. The Bertz CT molecular complexity index is 1310. The monoisotopic (exact) mass is 557 g/mol. The van der Waals surface area contributed by atoms with Gasteiger partial charge in [-0.05, 0) is 69.1 Å². The number of amides is 1. The Hall–Kier alpha value is -3.54. The van der Waals surface area contributed by atoms with Gasteiger partial charge in [0.1, 0.15) is 17.4 Å². The van der Waals surface area contributed by atoms with Gasteiger partial charge in [-0.2, -0.15) is 0 Å². The minimum atomic E-state index is -0.882. The molecule has 11 heteroatoms. The van der Waals surface area contributed by atoms with E-state index in [4.69, 9.17) is 4.74 Å². The molecule has 1 saturated heterocycles. The maximum absolute atomic E-state index is 13.4. The highest BCUT2D eigenvalue weighted by Crippen LogP contribution is 2.41. The largest absolute Gasteiger partial charge is 0.497 e. The fourth-order valence-corrected chi connectivity index (χ4v) is 5.50. The summed E-state index contributed by atoms with van der Waals surface area (Å²) in [5, 5.41) is 24.8. The number of aliphatic hydroxyl groups excluding tert-OH is 1. The molecule has 0 bridgehead atoms. The number of carbonyl (C=O) groups is 1. The predicted molar refractivity (Wildman–Crippen MR) is 150 cm³/mol. The third-order valence-corrected chi connectivity index (χ3v) is 7.82. The van der Waals surface area contributed by atoms with Crippen molar-refractivity contribution >= 4 is 28.2 Å². The lowest BCUT2D eigenvalue weighted by Gasteiger charge is -2.40. The zero-order valence-electron chi connectivity index (χ0n) is 23.1. The molecule has 9 nitrogen and oxygen atoms in total. The molecule has 1 aliphatic heterocycles. The quantitative estimate of drug-likeness (QED) is 0.206. The average molecular weight is 558 g/mol. The Kier molecular flexibility index (Phi) is 9.39. The molecule has 1 aromatic heterocycles. The van der Waals surface area contributed by atoms with Crippen molar-refractivity contribution < 1.29 is 28.6 Å². The highest BCUT2D eigenvalue weighted by atomic mass is 19.1. The van der Waals surface area contributed by atoms with Crippen LogP contribution >= 0.6 is 0 Å². The summed E-state index contributed by atoms with van der Waals surface area (Å²) in [6.45, 7) is 2.30. The molecular formula is C29H37F2N5O4. The lowest BCUT2D eigenvalue weighted by atomic mass is 9.73. The molecule has 0 spiro atoms. The van der Waals surface area contributed by atoms with Gasteiger partial charge in [0.2, 0.25) is 5.91 Å². The standard InChI is InChI=1S/C29H37F2N5O4/c1-35(2)25-18-33-24-5-4-22(40-3)17-23(24)27(25)26(37)6-7-29(28(38)34-39)8-11-36(12-9-29)13-10-32-21-15-19(30)14-20(31)16-21/h4-5,14-18,26,32,37,39H,6-13H2,1-3H3,(H,34,38)/t26-/m1/s1. The van der Waals surface area contributed by atoms with Crippen LogP contribution < -0.4 is 20.4 Å². The minimum Gasteiger partial charge on any atom is -0.497 e. The molecular weight excluding hydrogens is 520 g/mol. The molecule has 4 rings (SSSR count). The van der Waals surface area contributed by atoms with E-state index in [9.17, 15) is 23.9 Å². The molecule has 0 saturated carbocycles. The average Bonchev–Trinajstić information content (AvgIpc) is 2.94. The first kappa shape index (κ1) is 29.4. The first-order valence-corrected chi connectivity index (χ1v) is 13.3. The molecule has 40 heavy (non-hydrogen) atoms. The lowest BCUT2D eigenvalue weighted by molar-refractivity contribution is -0.143. The number of pyridine rings is 1. The van der Waals surface area contributed by atoms with Crippen LogP contribution in [0.1, 0.15) is 37.4 Å². The number of halogens is 2. The van der Waals surface area contributed by atoms with E-state index in [2.05, 4.69) is 15.2 Å². The van der Waals surface area contributed by atoms with Crippen molar-refractivity contribution in [3.63, 3.8) is 0 Å². The van der Waals surface area contributed by atoms with Crippen molar-refractivity contribution in [1.29, 1.82) is 0 Å². The van der Waals surface area contributed by atoms with Crippen LogP contribution in [0.3, 0.4) is 0 Å². The molecule has 3 aromatic rings. The molecule has 2 heterocycles. The van der Waals surface area contributed by atoms with E-state index in [1.54, 1.807) is 13.3 Å². The van der Waals surface area contributed by atoms with Crippen LogP contribution in [-0.2, 0) is 4.79 Å². The van der Waals surface area contributed by atoms with Gasteiger partial charge >= 0.3 is 0 Å². The van der Waals surface area contributed by atoms with E-state index in [1.807, 2.05) is 42.7 Å². The smallest absolute Gasteiger partial charge is 0.249 e. The summed E-state index contributed by atoms with van der Waals surface area (Å²) in [4.78, 5) is 21.5. The zero-order chi connectivity index (χ0) is 28.9. The number of benzene rings is 2. The van der Waals surface area contributed by atoms with E-state index < -0.39 is 29.1 Å². The van der Waals surface area contributed by atoms with Crippen LogP contribution in [0.15, 0.2) is 42.6 Å². The number of nitrogens with zero attached hydrogens (tertiary/aromatic N) is 3. The molecule has 1 atom stereocenters. The van der Waals surface area contributed by atoms with E-state index in [-0.39, 0.29) is 0 Å². The first-order chi connectivity index (χ1) is 19.2. The fourth-order valence-electron chi connectivity index (χ4n) is 5.50. The summed E-state index contributed by atoms with van der Waals surface area (Å²) in [5.41, 5.74) is 3.59. The van der Waals surface area contributed by atoms with E-state index in [1.165, 1.54) is 12.1 Å². The van der Waals surface area contributed by atoms with Crippen LogP contribution in [0, 0.1) is 17.0 Å². The number of carbonyl (C=O) groups excluding carboxylic acids is 1. The van der Waals surface area contributed by atoms with E-state index in [0.29, 0.717) is 68.9 Å². The lowest BCUT2D eigenvalue weighted by Crippen LogP contribution is -2.49. The Morgan fingerprint density at radius 3 is 2.50 bits per heavy atom. The van der Waals surface area contributed by atoms with Crippen molar-refractivity contribution in [3.8, 4) is 5.75 Å². The van der Waals surface area contributed by atoms with Gasteiger partial charge in [-0.25, -0.2) is 14.3 Å². The van der Waals surface area contributed by atoms with Crippen molar-refractivity contribution in [2.75, 3.05) is 57.6 Å². The summed E-state index contributed by atoms with van der Waals surface area (Å²) in [6.07, 6.45) is 2.51. The molecule has 0 aliphatic carbocycles. The maximum atomic E-state index is 13.4. The predicted octanol–water partition coefficient (Wildman–Crippen LogP) is 4.10. The molecule has 1 amide bonds. The number of hydroxylamine groups is 1. The number of fused-ring (bicyclic) bond motifs is 1. The van der Waals surface area contributed by atoms with E-state index >= 15 is 0 Å². The number of likely N-dealkylation sites (tertiary alicyclic amines) is 1. The van der Waals surface area contributed by atoms with Gasteiger partial charge in [-0.15, -0.1) is 0 Å². The van der Waals surface area contributed by atoms with Gasteiger partial charge in [0.25, 0.3) is 0 Å². The van der Waals surface area contributed by atoms with Crippen LogP contribution in [-0.4, -0.2) is 73.5 Å². The Balaban J connectivity index is 1.44. The number of nitrogens with one attached hydrogen (secondary N) is 2. The van der Waals surface area contributed by atoms with Gasteiger partial charge in [0.15, 0.2) is 0 Å². The molecule has 4 N–H and O–H groups in total. The Morgan fingerprint density at radius 1 is 1.18 bits per heavy atom. The van der Waals surface area contributed by atoms with Crippen LogP contribution in [0.4, 0.5) is 20.2 Å². The van der Waals surface area contributed by atoms with Gasteiger partial charge in [-0.1, -0.05) is 0 Å². The Labute approximate surface area is 232 Å². The Morgan fingerprint density at radius 2 is 1.88 bits per heavy atom. The van der Waals surface area contributed by atoms with E-state index in [0.717, 1.165) is 22.7 Å². The maximum Gasteiger partial charge on any atom is 0.249 e. The number of ether oxygens (including phenoxy) is 1. The highest BCUT2D eigenvalue weighted by molar-refractivity contribution is 5.88. The molecule has 216 valence electrons. The van der Waals surface area contributed by atoms with Gasteiger partial charge in [-0.3, -0.25) is 15.0 Å². The summed E-state index contributed by atoms with van der Waals surface area (Å²) < 4.78 is 32.3. The SMILES string of the molecule is COc1ccc2ncc(N(C)C)c([C@H](O)CCC3(C(=O)NO)CCN(CCNc4cc(F)cc(F)c4)CC3)c2c1. The zero-order valence-corrected chi connectivity index (χ0v) is 23.1. The highest BCUT2D eigenvalue weighted by Gasteiger charge is 2.41. The molecule has 0 radical (unpaired) electrons. The molecule has 1 aliphatic rings. The number of hydrogen-bond acceptors (Lipinski definition) is 8. The topological polar surface area (TPSA) is 110 Å². The van der Waals surface area contributed by atoms with Gasteiger partial charge in [0.05, 0.1) is 36.0 Å². The van der Waals surface area contributed by atoms with Crippen molar-refractivity contribution in [3.05, 3.63) is 59.8 Å². The molecule has 1 fully saturated rings. The van der Waals surface area contributed by atoms with Crippen molar-refractivity contribution in [2.45, 2.75) is 31.8 Å². The number of aliphatic hydroxyl groups is 1. The van der Waals surface area contributed by atoms with Crippen molar-refractivity contribution in [1.82, 2.24) is 15.4 Å². The van der Waals surface area contributed by atoms with Gasteiger partial charge in [0, 0.05) is 49.9 Å². The summed E-state index contributed by atoms with van der Waals surface area (Å²) in [6, 6.07) is 8.83. The summed E-state index contributed by atoms with van der Waals surface area (Å²) in [7, 11) is 5.35. The van der Waals surface area contributed by atoms with Crippen molar-refractivity contribution in [2.24, 2.45) is 5.41 Å². The van der Waals surface area contributed by atoms with Crippen LogP contribution in [0.5, 0.6) is 5.75 Å². The summed E-state index contributed by atoms with van der Waals surface area (Å²) in [5.74, 6) is -1.08. The summed E-state index contributed by atoms with van der Waals surface area (Å²) >= 11 is 0. The molecule has 0 unspecified atom stereocenters. The van der Waals surface area contributed by atoms with Gasteiger partial charge < -0.3 is 25.0 Å². The minimum absolute atomic E-state index is 0.303. The number of methoxy groups -OCH3 is 1. The third kappa shape index (κ3) is 6.60. The number of anilines is 2. The number of piperidine rings is 1. The number of aromatic nitrogens is 1. The normalized spacial score (nSPS) is 16.0. The second-order valence-electron chi connectivity index (χ2n) is 10.5. The molecule has 2 aromatic carbocycles. The fraction of sp³-hybridized carbons (Fsp3) is 0.448. The number of hydrogen-bond donors (Lipinski definition) is 4. The third-order valence-electron chi connectivity index (χ3n) is 7.82.